The normalized spacial score (nSPS) is 14.9. The van der Waals surface area contributed by atoms with Crippen molar-refractivity contribution in [2.45, 2.75) is 18.9 Å². The summed E-state index contributed by atoms with van der Waals surface area (Å²) >= 11 is 0. The van der Waals surface area contributed by atoms with E-state index in [9.17, 15) is 9.59 Å². The third-order valence-corrected chi connectivity index (χ3v) is 4.61. The summed E-state index contributed by atoms with van der Waals surface area (Å²) < 4.78 is 12.2. The second-order valence-corrected chi connectivity index (χ2v) is 6.10. The summed E-state index contributed by atoms with van der Waals surface area (Å²) in [5, 5.41) is 13.1. The number of hydrogen-bond donors (Lipinski definition) is 1. The Morgan fingerprint density at radius 3 is 2.50 bits per heavy atom. The topological polar surface area (TPSA) is 93.9 Å². The number of aromatic nitrogens is 2. The fourth-order valence-electron chi connectivity index (χ4n) is 3.13. The Morgan fingerprint density at radius 2 is 1.92 bits per heavy atom. The van der Waals surface area contributed by atoms with E-state index in [-0.39, 0.29) is 17.5 Å². The van der Waals surface area contributed by atoms with E-state index in [4.69, 9.17) is 14.6 Å². The smallest absolute Gasteiger partial charge is 0.338 e. The number of methoxy groups -OCH3 is 2. The highest BCUT2D eigenvalue weighted by Gasteiger charge is 2.27. The predicted molar refractivity (Wildman–Crippen MR) is 92.9 cm³/mol. The van der Waals surface area contributed by atoms with Crippen molar-refractivity contribution in [3.05, 3.63) is 41.7 Å². The van der Waals surface area contributed by atoms with Gasteiger partial charge in [-0.15, -0.1) is 0 Å². The number of aromatic carboxylic acids is 1. The molecule has 2 aromatic rings. The summed E-state index contributed by atoms with van der Waals surface area (Å²) in [5.74, 6) is 0.0322. The van der Waals surface area contributed by atoms with E-state index >= 15 is 0 Å². The molecule has 0 radical (unpaired) electrons. The van der Waals surface area contributed by atoms with Crippen LogP contribution in [0, 0.1) is 0 Å². The van der Waals surface area contributed by atoms with Crippen LogP contribution in [0.4, 0.5) is 0 Å². The predicted octanol–water partition coefficient (Wildman–Crippen LogP) is 2.08. The zero-order valence-electron chi connectivity index (χ0n) is 14.7. The lowest BCUT2D eigenvalue weighted by molar-refractivity contribution is 0.0685. The minimum Gasteiger partial charge on any atom is -0.497 e. The van der Waals surface area contributed by atoms with Gasteiger partial charge in [0.25, 0.3) is 5.91 Å². The third kappa shape index (κ3) is 3.49. The lowest BCUT2D eigenvalue weighted by Gasteiger charge is -2.32. The molecule has 1 N–H and O–H groups in total. The van der Waals surface area contributed by atoms with Gasteiger partial charge in [-0.3, -0.25) is 9.48 Å². The molecule has 0 unspecified atom stereocenters. The highest BCUT2D eigenvalue weighted by molar-refractivity contribution is 5.97. The molecule has 1 aromatic carbocycles. The van der Waals surface area contributed by atoms with E-state index in [0.717, 1.165) is 0 Å². The van der Waals surface area contributed by atoms with Crippen molar-refractivity contribution in [2.75, 3.05) is 27.3 Å². The van der Waals surface area contributed by atoms with Crippen LogP contribution in [0.15, 0.2) is 30.6 Å². The van der Waals surface area contributed by atoms with E-state index in [0.29, 0.717) is 43.0 Å². The Labute approximate surface area is 150 Å². The van der Waals surface area contributed by atoms with E-state index in [1.807, 2.05) is 0 Å². The average Bonchev–Trinajstić information content (AvgIpc) is 3.17. The first-order valence-electron chi connectivity index (χ1n) is 8.32. The number of ether oxygens (including phenoxy) is 2. The first kappa shape index (κ1) is 17.8. The number of carboxylic acids is 1. The maximum atomic E-state index is 12.8. The number of likely N-dealkylation sites (tertiary alicyclic amines) is 1. The van der Waals surface area contributed by atoms with Crippen LogP contribution < -0.4 is 9.47 Å². The van der Waals surface area contributed by atoms with Crippen molar-refractivity contribution >= 4 is 11.9 Å². The number of carboxylic acid groups (broad SMARTS) is 1. The lowest BCUT2D eigenvalue weighted by Crippen LogP contribution is -2.39. The Kier molecular flexibility index (Phi) is 5.11. The summed E-state index contributed by atoms with van der Waals surface area (Å²) in [7, 11) is 3.08. The first-order valence-corrected chi connectivity index (χ1v) is 8.32. The van der Waals surface area contributed by atoms with Gasteiger partial charge in [-0.05, 0) is 25.0 Å². The second-order valence-electron chi connectivity index (χ2n) is 6.10. The number of hydrogen-bond acceptors (Lipinski definition) is 5. The van der Waals surface area contributed by atoms with Gasteiger partial charge in [0, 0.05) is 25.4 Å². The molecule has 1 saturated heterocycles. The number of nitrogens with zero attached hydrogens (tertiary/aromatic N) is 3. The molecule has 0 bridgehead atoms. The van der Waals surface area contributed by atoms with Crippen molar-refractivity contribution in [2.24, 2.45) is 0 Å². The van der Waals surface area contributed by atoms with Gasteiger partial charge in [-0.25, -0.2) is 4.79 Å². The van der Waals surface area contributed by atoms with Gasteiger partial charge in [0.05, 0.1) is 37.6 Å². The van der Waals surface area contributed by atoms with E-state index in [2.05, 4.69) is 5.10 Å². The molecular formula is C18H21N3O5. The van der Waals surface area contributed by atoms with Gasteiger partial charge in [-0.2, -0.15) is 5.10 Å². The van der Waals surface area contributed by atoms with Gasteiger partial charge in [0.2, 0.25) is 0 Å². The van der Waals surface area contributed by atoms with Crippen molar-refractivity contribution in [3.63, 3.8) is 0 Å². The number of amides is 1. The molecule has 26 heavy (non-hydrogen) atoms. The van der Waals surface area contributed by atoms with Gasteiger partial charge >= 0.3 is 5.97 Å². The van der Waals surface area contributed by atoms with Gasteiger partial charge < -0.3 is 19.5 Å². The van der Waals surface area contributed by atoms with Crippen molar-refractivity contribution < 1.29 is 24.2 Å². The molecule has 1 amide bonds. The fourth-order valence-corrected chi connectivity index (χ4v) is 3.13. The molecule has 8 heteroatoms. The van der Waals surface area contributed by atoms with Crippen molar-refractivity contribution in [1.82, 2.24) is 14.7 Å². The first-order chi connectivity index (χ1) is 12.5. The molecule has 0 aliphatic carbocycles. The summed E-state index contributed by atoms with van der Waals surface area (Å²) in [6.45, 7) is 1.14. The number of benzene rings is 1. The Bertz CT molecular complexity index is 809. The molecular weight excluding hydrogens is 338 g/mol. The quantitative estimate of drug-likeness (QED) is 0.878. The second kappa shape index (κ2) is 7.47. The zero-order chi connectivity index (χ0) is 18.7. The van der Waals surface area contributed by atoms with Crippen LogP contribution in [0.3, 0.4) is 0 Å². The maximum Gasteiger partial charge on any atom is 0.338 e. The standard InChI is InChI=1S/C18H21N3O5/c1-25-14-3-4-15(16(9-14)26-2)17(22)20-7-5-13(6-8-20)21-11-12(10-19-21)18(23)24/h3-4,9-11,13H,5-8H2,1-2H3,(H,23,24). The number of rotatable bonds is 5. The zero-order valence-corrected chi connectivity index (χ0v) is 14.7. The average molecular weight is 359 g/mol. The largest absolute Gasteiger partial charge is 0.497 e. The van der Waals surface area contributed by atoms with Gasteiger partial charge in [0.15, 0.2) is 0 Å². The molecule has 1 aromatic heterocycles. The van der Waals surface area contributed by atoms with Crippen LogP contribution in [0.25, 0.3) is 0 Å². The Morgan fingerprint density at radius 1 is 1.19 bits per heavy atom. The fraction of sp³-hybridized carbons (Fsp3) is 0.389. The monoisotopic (exact) mass is 359 g/mol. The molecule has 3 rings (SSSR count). The Hall–Kier alpha value is -3.03. The van der Waals surface area contributed by atoms with Crippen LogP contribution in [-0.4, -0.2) is 59.0 Å². The van der Waals surface area contributed by atoms with Crippen molar-refractivity contribution in [1.29, 1.82) is 0 Å². The van der Waals surface area contributed by atoms with Gasteiger partial charge in [-0.1, -0.05) is 0 Å². The highest BCUT2D eigenvalue weighted by Crippen LogP contribution is 2.28. The molecule has 2 heterocycles. The van der Waals surface area contributed by atoms with E-state index < -0.39 is 5.97 Å². The number of carbonyl (C=O) groups excluding carboxylic acids is 1. The summed E-state index contributed by atoms with van der Waals surface area (Å²) in [6, 6.07) is 5.22. The van der Waals surface area contributed by atoms with E-state index in [1.165, 1.54) is 19.5 Å². The lowest BCUT2D eigenvalue weighted by atomic mass is 10.0. The molecule has 8 nitrogen and oxygen atoms in total. The molecule has 0 spiro atoms. The molecule has 0 saturated carbocycles. The minimum absolute atomic E-state index is 0.0879. The molecule has 1 aliphatic rings. The maximum absolute atomic E-state index is 12.8. The molecule has 0 atom stereocenters. The van der Waals surface area contributed by atoms with E-state index in [1.54, 1.807) is 34.9 Å². The van der Waals surface area contributed by atoms with Crippen LogP contribution in [0.1, 0.15) is 39.6 Å². The van der Waals surface area contributed by atoms with Crippen LogP contribution in [0.5, 0.6) is 11.5 Å². The van der Waals surface area contributed by atoms with Crippen LogP contribution >= 0.6 is 0 Å². The van der Waals surface area contributed by atoms with Crippen LogP contribution in [0.2, 0.25) is 0 Å². The highest BCUT2D eigenvalue weighted by atomic mass is 16.5. The van der Waals surface area contributed by atoms with Crippen molar-refractivity contribution in [3.8, 4) is 11.5 Å². The Balaban J connectivity index is 1.67. The van der Waals surface area contributed by atoms with Crippen LogP contribution in [-0.2, 0) is 0 Å². The SMILES string of the molecule is COc1ccc(C(=O)N2CCC(n3cc(C(=O)O)cn3)CC2)c(OC)c1. The number of carbonyl (C=O) groups is 2. The molecule has 1 fully saturated rings. The van der Waals surface area contributed by atoms with Gasteiger partial charge in [0.1, 0.15) is 11.5 Å². The third-order valence-electron chi connectivity index (χ3n) is 4.61. The summed E-state index contributed by atoms with van der Waals surface area (Å²) in [5.41, 5.74) is 0.672. The minimum atomic E-state index is -0.990. The summed E-state index contributed by atoms with van der Waals surface area (Å²) in [4.78, 5) is 25.6. The molecule has 1 aliphatic heterocycles. The number of piperidine rings is 1. The summed E-state index contributed by atoms with van der Waals surface area (Å²) in [6.07, 6.45) is 4.31. The molecule has 138 valence electrons.